The Morgan fingerprint density at radius 2 is 1.37 bits per heavy atom. The monoisotopic (exact) mass is 462 g/mol. The van der Waals surface area contributed by atoms with E-state index in [0.717, 1.165) is 5.56 Å². The van der Waals surface area contributed by atoms with Crippen molar-refractivity contribution >= 4 is 30.3 Å². The highest BCUT2D eigenvalue weighted by atomic mass is 32.2. The molecule has 2 unspecified atom stereocenters. The van der Waals surface area contributed by atoms with Crippen molar-refractivity contribution in [1.82, 2.24) is 0 Å². The van der Waals surface area contributed by atoms with Crippen LogP contribution in [0.2, 0.25) is 0 Å². The molecule has 8 nitrogen and oxygen atoms in total. The molecule has 0 aliphatic heterocycles. The number of hydrogen-bond donors (Lipinski definition) is 0. The fraction of sp³-hybridized carbons (Fsp3) is 0.600. The summed E-state index contributed by atoms with van der Waals surface area (Å²) in [6, 6.07) is 6.82. The number of aryl methyl sites for hydroxylation is 1. The quantitative estimate of drug-likeness (QED) is 0.247. The van der Waals surface area contributed by atoms with Crippen LogP contribution < -0.4 is 0 Å². The molecule has 0 aliphatic carbocycles. The molecule has 0 bridgehead atoms. The van der Waals surface area contributed by atoms with Crippen molar-refractivity contribution < 1.29 is 36.9 Å². The number of esters is 2. The Morgan fingerprint density at radius 1 is 0.900 bits per heavy atom. The Labute approximate surface area is 180 Å². The van der Waals surface area contributed by atoms with Crippen molar-refractivity contribution in [2.45, 2.75) is 50.9 Å². The first kappa shape index (κ1) is 26.5. The Balaban J connectivity index is 3.43. The maximum Gasteiger partial charge on any atom is 0.346 e. The summed E-state index contributed by atoms with van der Waals surface area (Å²) in [4.78, 5) is 24.0. The molecule has 10 heteroatoms. The lowest BCUT2D eigenvalue weighted by Gasteiger charge is -2.27. The highest BCUT2D eigenvalue weighted by Crippen LogP contribution is 2.57. The van der Waals surface area contributed by atoms with E-state index in [1.165, 1.54) is 0 Å². The lowest BCUT2D eigenvalue weighted by Crippen LogP contribution is -2.33. The van der Waals surface area contributed by atoms with E-state index < -0.39 is 41.2 Å². The zero-order valence-corrected chi connectivity index (χ0v) is 19.8. The van der Waals surface area contributed by atoms with Gasteiger partial charge in [0.25, 0.3) is 0 Å². The van der Waals surface area contributed by atoms with Gasteiger partial charge in [0.2, 0.25) is 0 Å². The molecule has 1 aromatic rings. The molecule has 0 saturated carbocycles. The van der Waals surface area contributed by atoms with Crippen molar-refractivity contribution in [2.75, 3.05) is 26.4 Å². The van der Waals surface area contributed by atoms with Gasteiger partial charge >= 0.3 is 19.5 Å². The van der Waals surface area contributed by atoms with Crippen LogP contribution in [-0.4, -0.2) is 47.6 Å². The van der Waals surface area contributed by atoms with E-state index in [1.54, 1.807) is 52.0 Å². The third-order valence-electron chi connectivity index (χ3n) is 4.05. The molecule has 1 rings (SSSR count). The van der Waals surface area contributed by atoms with Crippen LogP contribution in [0.1, 0.15) is 39.7 Å². The Morgan fingerprint density at radius 3 is 1.77 bits per heavy atom. The Hall–Kier alpha value is -1.54. The van der Waals surface area contributed by atoms with Crippen molar-refractivity contribution in [3.05, 3.63) is 29.8 Å². The van der Waals surface area contributed by atoms with Gasteiger partial charge in [-0.05, 0) is 53.2 Å². The minimum atomic E-state index is -3.95. The summed E-state index contributed by atoms with van der Waals surface area (Å²) in [6.07, 6.45) is -0.366. The molecular formula is C20H31O8PS. The number of carbonyl (C=O) groups excluding carboxylic acids is 2. The van der Waals surface area contributed by atoms with Gasteiger partial charge in [-0.3, -0.25) is 18.4 Å². The second-order valence-electron chi connectivity index (χ2n) is 6.23. The van der Waals surface area contributed by atoms with Gasteiger partial charge in [-0.1, -0.05) is 17.7 Å². The summed E-state index contributed by atoms with van der Waals surface area (Å²) in [5.74, 6) is -3.07. The van der Waals surface area contributed by atoms with E-state index in [9.17, 15) is 18.4 Å². The maximum absolute atomic E-state index is 13.5. The Kier molecular flexibility index (Phi) is 11.5. The first-order valence-electron chi connectivity index (χ1n) is 9.93. The molecule has 170 valence electrons. The molecule has 30 heavy (non-hydrogen) atoms. The Bertz CT molecular complexity index is 737. The molecule has 2 atom stereocenters. The molecule has 0 saturated heterocycles. The first-order valence-corrected chi connectivity index (χ1v) is 12.8. The molecule has 0 aliphatic rings. The second-order valence-corrected chi connectivity index (χ2v) is 10.4. The summed E-state index contributed by atoms with van der Waals surface area (Å²) in [6.45, 7) is 8.54. The van der Waals surface area contributed by atoms with Crippen LogP contribution in [0.5, 0.6) is 0 Å². The fourth-order valence-electron chi connectivity index (χ4n) is 2.70. The average molecular weight is 463 g/mol. The molecule has 0 aromatic heterocycles. The van der Waals surface area contributed by atoms with Crippen molar-refractivity contribution in [3.8, 4) is 0 Å². The zero-order valence-electron chi connectivity index (χ0n) is 18.1. The molecule has 0 spiro atoms. The van der Waals surface area contributed by atoms with E-state index in [0.29, 0.717) is 4.90 Å². The number of rotatable bonds is 13. The molecule has 0 N–H and O–H groups in total. The van der Waals surface area contributed by atoms with E-state index in [-0.39, 0.29) is 32.8 Å². The summed E-state index contributed by atoms with van der Waals surface area (Å²) < 4.78 is 47.8. The number of ether oxygens (including phenoxy) is 2. The second kappa shape index (κ2) is 13.0. The van der Waals surface area contributed by atoms with Gasteiger partial charge in [0.15, 0.2) is 5.92 Å². The standard InChI is InChI=1S/C20H31O8PS/c1-6-25-19(21)17(20(22)26-7-2)14-18(29(23,27-8-3)28-9-4)30(24)16-12-10-15(5)11-13-16/h10-13,17-18H,6-9,14H2,1-5H3. The smallest absolute Gasteiger partial charge is 0.346 e. The van der Waals surface area contributed by atoms with Crippen LogP contribution in [0, 0.1) is 12.8 Å². The molecule has 0 radical (unpaired) electrons. The SMILES string of the molecule is CCOC(=O)C(CC(S(=O)c1ccc(C)cc1)P(=O)(OCC)OCC)C(=O)OCC. The number of carbonyl (C=O) groups is 2. The minimum absolute atomic E-state index is 0.0440. The van der Waals surface area contributed by atoms with Gasteiger partial charge in [0, 0.05) is 4.90 Å². The average Bonchev–Trinajstić information content (AvgIpc) is 2.69. The van der Waals surface area contributed by atoms with Gasteiger partial charge < -0.3 is 18.5 Å². The number of benzene rings is 1. The predicted molar refractivity (Wildman–Crippen MR) is 114 cm³/mol. The zero-order chi connectivity index (χ0) is 22.7. The van der Waals surface area contributed by atoms with Crippen LogP contribution in [0.4, 0.5) is 0 Å². The highest BCUT2D eigenvalue weighted by Gasteiger charge is 2.46. The van der Waals surface area contributed by atoms with Gasteiger partial charge in [-0.25, -0.2) is 0 Å². The van der Waals surface area contributed by atoms with Gasteiger partial charge in [-0.15, -0.1) is 0 Å². The van der Waals surface area contributed by atoms with E-state index in [2.05, 4.69) is 0 Å². The largest absolute Gasteiger partial charge is 0.465 e. The van der Waals surface area contributed by atoms with Crippen LogP contribution >= 0.6 is 7.60 Å². The van der Waals surface area contributed by atoms with Crippen LogP contribution in [0.15, 0.2) is 29.2 Å². The maximum atomic E-state index is 13.5. The summed E-state index contributed by atoms with van der Waals surface area (Å²) in [5.41, 5.74) is 0.959. The van der Waals surface area contributed by atoms with Gasteiger partial charge in [-0.2, -0.15) is 0 Å². The molecule has 0 heterocycles. The first-order chi connectivity index (χ1) is 14.2. The van der Waals surface area contributed by atoms with Crippen molar-refractivity contribution in [2.24, 2.45) is 5.92 Å². The van der Waals surface area contributed by atoms with E-state index in [4.69, 9.17) is 18.5 Å². The summed E-state index contributed by atoms with van der Waals surface area (Å²) in [7, 11) is -5.84. The normalized spacial score (nSPS) is 13.7. The topological polar surface area (TPSA) is 105 Å². The lowest BCUT2D eigenvalue weighted by molar-refractivity contribution is -0.161. The van der Waals surface area contributed by atoms with Crippen LogP contribution in [0.25, 0.3) is 0 Å². The number of hydrogen-bond acceptors (Lipinski definition) is 8. The molecule has 1 aromatic carbocycles. The minimum Gasteiger partial charge on any atom is -0.465 e. The highest BCUT2D eigenvalue weighted by molar-refractivity contribution is 7.93. The third kappa shape index (κ3) is 7.30. The van der Waals surface area contributed by atoms with Gasteiger partial charge in [0.05, 0.1) is 37.2 Å². The van der Waals surface area contributed by atoms with Crippen molar-refractivity contribution in [1.29, 1.82) is 0 Å². The van der Waals surface area contributed by atoms with E-state index >= 15 is 0 Å². The molecule has 0 fully saturated rings. The summed E-state index contributed by atoms with van der Waals surface area (Å²) >= 11 is 0. The predicted octanol–water partition coefficient (Wildman–Crippen LogP) is 3.83. The van der Waals surface area contributed by atoms with E-state index in [1.807, 2.05) is 6.92 Å². The fourth-order valence-corrected chi connectivity index (χ4v) is 7.05. The van der Waals surface area contributed by atoms with Crippen molar-refractivity contribution in [3.63, 3.8) is 0 Å². The van der Waals surface area contributed by atoms with Gasteiger partial charge in [0.1, 0.15) is 4.99 Å². The lowest BCUT2D eigenvalue weighted by atomic mass is 10.1. The summed E-state index contributed by atoms with van der Waals surface area (Å²) in [5, 5.41) is 0. The molecular weight excluding hydrogens is 431 g/mol. The van der Waals surface area contributed by atoms with Crippen LogP contribution in [-0.2, 0) is 43.5 Å². The van der Waals surface area contributed by atoms with Crippen LogP contribution in [0.3, 0.4) is 0 Å². The third-order valence-corrected chi connectivity index (χ3v) is 8.98. The molecule has 0 amide bonds.